The van der Waals surface area contributed by atoms with E-state index in [2.05, 4.69) is 9.62 Å². The highest BCUT2D eigenvalue weighted by atomic mass is 35.5. The van der Waals surface area contributed by atoms with Crippen molar-refractivity contribution in [3.63, 3.8) is 0 Å². The van der Waals surface area contributed by atoms with Gasteiger partial charge in [0.15, 0.2) is 0 Å². The second-order valence-electron chi connectivity index (χ2n) is 5.81. The van der Waals surface area contributed by atoms with Gasteiger partial charge in [0.25, 0.3) is 0 Å². The maximum Gasteiger partial charge on any atom is 0.242 e. The van der Waals surface area contributed by atoms with Crippen LogP contribution in [0.2, 0.25) is 5.02 Å². The number of nitrogens with zero attached hydrogens (tertiary/aromatic N) is 1. The Kier molecular flexibility index (Phi) is 4.14. The molecule has 0 radical (unpaired) electrons. The van der Waals surface area contributed by atoms with Gasteiger partial charge in [-0.1, -0.05) is 18.0 Å². The van der Waals surface area contributed by atoms with Gasteiger partial charge in [-0.3, -0.25) is 4.90 Å². The number of anilines is 1. The number of nitrogen functional groups attached to an aromatic ring is 1. The lowest BCUT2D eigenvalue weighted by Gasteiger charge is -2.32. The van der Waals surface area contributed by atoms with Crippen LogP contribution in [0.25, 0.3) is 0 Å². The van der Waals surface area contributed by atoms with Crippen LogP contribution in [0.15, 0.2) is 23.1 Å². The van der Waals surface area contributed by atoms with Gasteiger partial charge in [0.2, 0.25) is 10.0 Å². The Morgan fingerprint density at radius 2 is 2.05 bits per heavy atom. The van der Waals surface area contributed by atoms with Crippen molar-refractivity contribution in [1.82, 2.24) is 9.62 Å². The van der Waals surface area contributed by atoms with Crippen molar-refractivity contribution in [2.24, 2.45) is 0 Å². The van der Waals surface area contributed by atoms with Gasteiger partial charge in [-0.15, -0.1) is 0 Å². The molecule has 3 rings (SSSR count). The molecular formula is C14H20ClN3O2S. The number of nitrogens with two attached hydrogens (primary N) is 1. The van der Waals surface area contributed by atoms with E-state index >= 15 is 0 Å². The highest BCUT2D eigenvalue weighted by Gasteiger charge is 2.38. The maximum absolute atomic E-state index is 12.6. The van der Waals surface area contributed by atoms with Crippen molar-refractivity contribution < 1.29 is 8.42 Å². The van der Waals surface area contributed by atoms with Crippen LogP contribution in [0.3, 0.4) is 0 Å². The number of hydrogen-bond acceptors (Lipinski definition) is 4. The molecular weight excluding hydrogens is 310 g/mol. The molecule has 21 heavy (non-hydrogen) atoms. The summed E-state index contributed by atoms with van der Waals surface area (Å²) in [7, 11) is -3.64. The van der Waals surface area contributed by atoms with Crippen LogP contribution in [-0.4, -0.2) is 38.5 Å². The zero-order valence-electron chi connectivity index (χ0n) is 11.8. The molecule has 1 aromatic rings. The number of fused-ring (bicyclic) bond motifs is 1. The third-order valence-corrected chi connectivity index (χ3v) is 6.38. The summed E-state index contributed by atoms with van der Waals surface area (Å²) < 4.78 is 28.0. The first-order valence-corrected chi connectivity index (χ1v) is 9.15. The standard InChI is InChI=1S/C14H20ClN3O2S/c15-11-5-4-10(16)9-14(11)21(19,20)17-12-6-8-18-7-2-1-3-13(12)18/h4-5,9,12-13,17H,1-3,6-8,16H2. The van der Waals surface area contributed by atoms with Crippen LogP contribution in [0.1, 0.15) is 25.7 Å². The van der Waals surface area contributed by atoms with E-state index in [1.807, 2.05) is 0 Å². The topological polar surface area (TPSA) is 75.4 Å². The summed E-state index contributed by atoms with van der Waals surface area (Å²) in [5.41, 5.74) is 6.07. The number of benzene rings is 1. The first-order valence-electron chi connectivity index (χ1n) is 7.29. The van der Waals surface area contributed by atoms with Crippen LogP contribution in [0.5, 0.6) is 0 Å². The van der Waals surface area contributed by atoms with E-state index in [9.17, 15) is 8.42 Å². The predicted octanol–water partition coefficient (Wildman–Crippen LogP) is 1.83. The van der Waals surface area contributed by atoms with E-state index in [1.54, 1.807) is 6.07 Å². The lowest BCUT2D eigenvalue weighted by molar-refractivity contribution is 0.186. The highest BCUT2D eigenvalue weighted by Crippen LogP contribution is 2.29. The molecule has 3 N–H and O–H groups in total. The lowest BCUT2D eigenvalue weighted by atomic mass is 10.00. The second kappa shape index (κ2) is 5.76. The molecule has 2 aliphatic heterocycles. The first kappa shape index (κ1) is 15.1. The average molecular weight is 330 g/mol. The van der Waals surface area contributed by atoms with E-state index in [0.717, 1.165) is 25.9 Å². The fourth-order valence-corrected chi connectivity index (χ4v) is 5.21. The Hall–Kier alpha value is -0.820. The molecule has 2 unspecified atom stereocenters. The molecule has 2 heterocycles. The van der Waals surface area contributed by atoms with E-state index in [1.165, 1.54) is 25.0 Å². The molecule has 2 saturated heterocycles. The van der Waals surface area contributed by atoms with Gasteiger partial charge in [0, 0.05) is 24.3 Å². The van der Waals surface area contributed by atoms with Crippen molar-refractivity contribution in [3.05, 3.63) is 23.2 Å². The van der Waals surface area contributed by atoms with Crippen molar-refractivity contribution >= 4 is 27.3 Å². The predicted molar refractivity (Wildman–Crippen MR) is 83.8 cm³/mol. The minimum Gasteiger partial charge on any atom is -0.399 e. The summed E-state index contributed by atoms with van der Waals surface area (Å²) >= 11 is 6.02. The summed E-state index contributed by atoms with van der Waals surface area (Å²) in [5.74, 6) is 0. The Bertz CT molecular complexity index is 635. The Labute approximate surface area is 130 Å². The van der Waals surface area contributed by atoms with Crippen molar-refractivity contribution in [3.8, 4) is 0 Å². The summed E-state index contributed by atoms with van der Waals surface area (Å²) in [6, 6.07) is 4.81. The number of hydrogen-bond donors (Lipinski definition) is 2. The SMILES string of the molecule is Nc1ccc(Cl)c(S(=O)(=O)NC2CCN3CCCCC23)c1. The Morgan fingerprint density at radius 1 is 1.24 bits per heavy atom. The minimum atomic E-state index is -3.64. The molecule has 5 nitrogen and oxygen atoms in total. The molecule has 0 saturated carbocycles. The number of rotatable bonds is 3. The monoisotopic (exact) mass is 329 g/mol. The maximum atomic E-state index is 12.6. The zero-order valence-corrected chi connectivity index (χ0v) is 13.3. The molecule has 0 bridgehead atoms. The summed E-state index contributed by atoms with van der Waals surface area (Å²) in [6.07, 6.45) is 4.27. The number of nitrogens with one attached hydrogen (secondary N) is 1. The van der Waals surface area contributed by atoms with E-state index < -0.39 is 10.0 Å². The van der Waals surface area contributed by atoms with Gasteiger partial charge in [-0.2, -0.15) is 0 Å². The molecule has 2 fully saturated rings. The molecule has 0 aromatic heterocycles. The number of sulfonamides is 1. The van der Waals surface area contributed by atoms with Crippen LogP contribution < -0.4 is 10.5 Å². The largest absolute Gasteiger partial charge is 0.399 e. The average Bonchev–Trinajstić information content (AvgIpc) is 2.84. The summed E-state index contributed by atoms with van der Waals surface area (Å²) in [4.78, 5) is 2.45. The number of piperidine rings is 1. The van der Waals surface area contributed by atoms with Gasteiger partial charge >= 0.3 is 0 Å². The number of halogens is 1. The molecule has 116 valence electrons. The Balaban J connectivity index is 1.81. The van der Waals surface area contributed by atoms with E-state index in [-0.39, 0.29) is 16.0 Å². The summed E-state index contributed by atoms with van der Waals surface area (Å²) in [5, 5.41) is 0.204. The molecule has 2 aliphatic rings. The summed E-state index contributed by atoms with van der Waals surface area (Å²) in [6.45, 7) is 2.03. The smallest absolute Gasteiger partial charge is 0.242 e. The molecule has 2 atom stereocenters. The van der Waals surface area contributed by atoms with Crippen LogP contribution in [0, 0.1) is 0 Å². The van der Waals surface area contributed by atoms with Gasteiger partial charge in [-0.05, 0) is 44.0 Å². The van der Waals surface area contributed by atoms with E-state index in [0.29, 0.717) is 11.7 Å². The van der Waals surface area contributed by atoms with Crippen LogP contribution in [-0.2, 0) is 10.0 Å². The van der Waals surface area contributed by atoms with Gasteiger partial charge in [-0.25, -0.2) is 13.1 Å². The van der Waals surface area contributed by atoms with Crippen molar-refractivity contribution in [2.45, 2.75) is 42.7 Å². The third-order valence-electron chi connectivity index (χ3n) is 4.41. The van der Waals surface area contributed by atoms with Gasteiger partial charge in [0.05, 0.1) is 5.02 Å². The first-order chi connectivity index (χ1) is 9.97. The normalized spacial score (nSPS) is 26.7. The molecule has 0 spiro atoms. The second-order valence-corrected chi connectivity index (χ2v) is 7.90. The Morgan fingerprint density at radius 3 is 2.86 bits per heavy atom. The van der Waals surface area contributed by atoms with Crippen LogP contribution in [0.4, 0.5) is 5.69 Å². The minimum absolute atomic E-state index is 0.0344. The van der Waals surface area contributed by atoms with Gasteiger partial charge in [0.1, 0.15) is 4.90 Å². The zero-order chi connectivity index (χ0) is 15.0. The molecule has 1 aromatic carbocycles. The molecule has 0 amide bonds. The van der Waals surface area contributed by atoms with Gasteiger partial charge < -0.3 is 5.73 Å². The molecule has 7 heteroatoms. The third kappa shape index (κ3) is 3.04. The fourth-order valence-electron chi connectivity index (χ4n) is 3.37. The van der Waals surface area contributed by atoms with Crippen LogP contribution >= 0.6 is 11.6 Å². The highest BCUT2D eigenvalue weighted by molar-refractivity contribution is 7.89. The van der Waals surface area contributed by atoms with Crippen molar-refractivity contribution in [1.29, 1.82) is 0 Å². The lowest BCUT2D eigenvalue weighted by Crippen LogP contribution is -2.46. The van der Waals surface area contributed by atoms with Crippen molar-refractivity contribution in [2.75, 3.05) is 18.8 Å². The quantitative estimate of drug-likeness (QED) is 0.830. The van der Waals surface area contributed by atoms with E-state index in [4.69, 9.17) is 17.3 Å². The molecule has 0 aliphatic carbocycles. The fraction of sp³-hybridized carbons (Fsp3) is 0.571.